The van der Waals surface area contributed by atoms with Crippen LogP contribution < -0.4 is 10.5 Å². The molecule has 4 nitrogen and oxygen atoms in total. The van der Waals surface area contributed by atoms with Crippen LogP contribution in [0.3, 0.4) is 0 Å². The van der Waals surface area contributed by atoms with Gasteiger partial charge in [-0.2, -0.15) is 5.10 Å². The lowest BCUT2D eigenvalue weighted by molar-refractivity contribution is 0.216. The van der Waals surface area contributed by atoms with Crippen molar-refractivity contribution < 1.29 is 4.74 Å². The molecule has 17 heavy (non-hydrogen) atoms. The van der Waals surface area contributed by atoms with Gasteiger partial charge in [-0.05, 0) is 32.4 Å². The molecule has 2 N–H and O–H groups in total. The number of benzene rings is 1. The Morgan fingerprint density at radius 3 is 2.53 bits per heavy atom. The smallest absolute Gasteiger partial charge is 0.181 e. The van der Waals surface area contributed by atoms with Gasteiger partial charge in [-0.3, -0.25) is 0 Å². The fourth-order valence-corrected chi connectivity index (χ4v) is 1.69. The zero-order valence-electron chi connectivity index (χ0n) is 10.4. The van der Waals surface area contributed by atoms with Gasteiger partial charge in [0.1, 0.15) is 5.75 Å². The van der Waals surface area contributed by atoms with Gasteiger partial charge in [-0.25, -0.2) is 4.68 Å². The summed E-state index contributed by atoms with van der Waals surface area (Å²) in [6, 6.07) is 7.91. The van der Waals surface area contributed by atoms with Crippen molar-refractivity contribution in [3.8, 4) is 5.75 Å². The van der Waals surface area contributed by atoms with E-state index in [1.54, 1.807) is 4.68 Å². The number of nitrogens with two attached hydrogens (primary N) is 1. The summed E-state index contributed by atoms with van der Waals surface area (Å²) in [7, 11) is 0. The average molecular weight is 231 g/mol. The number of aryl methyl sites for hydroxylation is 2. The third kappa shape index (κ3) is 2.25. The van der Waals surface area contributed by atoms with Gasteiger partial charge in [-0.1, -0.05) is 18.2 Å². The van der Waals surface area contributed by atoms with E-state index in [2.05, 4.69) is 5.10 Å². The van der Waals surface area contributed by atoms with Crippen LogP contribution in [0.4, 0.5) is 5.69 Å². The highest BCUT2D eigenvalue weighted by Gasteiger charge is 2.08. The van der Waals surface area contributed by atoms with Crippen molar-refractivity contribution in [3.63, 3.8) is 0 Å². The fourth-order valence-electron chi connectivity index (χ4n) is 1.69. The Kier molecular flexibility index (Phi) is 3.04. The Labute approximate surface area is 101 Å². The number of hydrogen-bond donors (Lipinski definition) is 1. The molecule has 90 valence electrons. The summed E-state index contributed by atoms with van der Waals surface area (Å²) in [6.45, 7) is 6.24. The van der Waals surface area contributed by atoms with Crippen molar-refractivity contribution in [2.45, 2.75) is 27.5 Å². The van der Waals surface area contributed by atoms with Crippen LogP contribution in [-0.2, 0) is 6.73 Å². The van der Waals surface area contributed by atoms with Gasteiger partial charge in [0, 0.05) is 0 Å². The topological polar surface area (TPSA) is 53.1 Å². The lowest BCUT2D eigenvalue weighted by Crippen LogP contribution is -2.09. The van der Waals surface area contributed by atoms with Gasteiger partial charge in [0.05, 0.1) is 17.1 Å². The number of nitrogen functional groups attached to an aromatic ring is 1. The Morgan fingerprint density at radius 1 is 1.24 bits per heavy atom. The second-order valence-corrected chi connectivity index (χ2v) is 4.12. The number of ether oxygens (including phenoxy) is 1. The number of nitrogens with zero attached hydrogens (tertiary/aromatic N) is 2. The molecule has 0 saturated carbocycles. The molecule has 0 atom stereocenters. The largest absolute Gasteiger partial charge is 0.471 e. The van der Waals surface area contributed by atoms with Gasteiger partial charge in [0.15, 0.2) is 6.73 Å². The van der Waals surface area contributed by atoms with E-state index in [9.17, 15) is 0 Å². The van der Waals surface area contributed by atoms with Crippen LogP contribution in [-0.4, -0.2) is 9.78 Å². The first-order valence-corrected chi connectivity index (χ1v) is 5.57. The van der Waals surface area contributed by atoms with Gasteiger partial charge >= 0.3 is 0 Å². The predicted molar refractivity (Wildman–Crippen MR) is 67.9 cm³/mol. The van der Waals surface area contributed by atoms with Gasteiger partial charge in [-0.15, -0.1) is 0 Å². The third-order valence-corrected chi connectivity index (χ3v) is 2.87. The van der Waals surface area contributed by atoms with Crippen LogP contribution in [0.5, 0.6) is 5.75 Å². The number of anilines is 1. The molecule has 0 unspecified atom stereocenters. The minimum absolute atomic E-state index is 0.384. The lowest BCUT2D eigenvalue weighted by Gasteiger charge is -2.09. The van der Waals surface area contributed by atoms with Crippen LogP contribution >= 0.6 is 0 Å². The molecule has 2 rings (SSSR count). The fraction of sp³-hybridized carbons (Fsp3) is 0.308. The number of hydrogen-bond acceptors (Lipinski definition) is 3. The maximum absolute atomic E-state index is 5.86. The molecule has 0 aliphatic rings. The van der Waals surface area contributed by atoms with E-state index >= 15 is 0 Å². The summed E-state index contributed by atoms with van der Waals surface area (Å²) >= 11 is 0. The molecule has 0 bridgehead atoms. The summed E-state index contributed by atoms with van der Waals surface area (Å²) in [4.78, 5) is 0. The summed E-state index contributed by atoms with van der Waals surface area (Å²) < 4.78 is 7.49. The summed E-state index contributed by atoms with van der Waals surface area (Å²) in [5, 5.41) is 4.32. The third-order valence-electron chi connectivity index (χ3n) is 2.87. The molecule has 0 spiro atoms. The summed E-state index contributed by atoms with van der Waals surface area (Å²) in [5.74, 6) is 0.874. The Balaban J connectivity index is 2.13. The zero-order chi connectivity index (χ0) is 12.4. The first kappa shape index (κ1) is 11.5. The highest BCUT2D eigenvalue weighted by Crippen LogP contribution is 2.18. The molecule has 1 aromatic heterocycles. The lowest BCUT2D eigenvalue weighted by atomic mass is 10.2. The molecule has 0 radical (unpaired) electrons. The highest BCUT2D eigenvalue weighted by molar-refractivity contribution is 5.46. The van der Waals surface area contributed by atoms with Gasteiger partial charge in [0.25, 0.3) is 0 Å². The van der Waals surface area contributed by atoms with E-state index in [1.165, 1.54) is 0 Å². The molecule has 0 aliphatic heterocycles. The van der Waals surface area contributed by atoms with Crippen molar-refractivity contribution >= 4 is 5.69 Å². The minimum atomic E-state index is 0.384. The van der Waals surface area contributed by atoms with Crippen molar-refractivity contribution in [3.05, 3.63) is 41.2 Å². The van der Waals surface area contributed by atoms with E-state index in [4.69, 9.17) is 10.5 Å². The van der Waals surface area contributed by atoms with Crippen LogP contribution in [0, 0.1) is 20.8 Å². The van der Waals surface area contributed by atoms with E-state index in [0.29, 0.717) is 6.73 Å². The van der Waals surface area contributed by atoms with Crippen LogP contribution in [0.1, 0.15) is 17.0 Å². The first-order chi connectivity index (χ1) is 8.09. The minimum Gasteiger partial charge on any atom is -0.471 e. The quantitative estimate of drug-likeness (QED) is 0.882. The standard InChI is InChI=1S/C13H17N3O/c1-9-6-4-5-7-12(9)17-8-16-11(3)13(14)10(2)15-16/h4-7H,8,14H2,1-3H3. The number of para-hydroxylation sites is 1. The molecule has 1 aromatic carbocycles. The second kappa shape index (κ2) is 4.49. The Bertz CT molecular complexity index is 531. The molecule has 0 fully saturated rings. The molecule has 0 saturated heterocycles. The second-order valence-electron chi connectivity index (χ2n) is 4.12. The first-order valence-electron chi connectivity index (χ1n) is 5.57. The number of aromatic nitrogens is 2. The maximum atomic E-state index is 5.86. The van der Waals surface area contributed by atoms with Gasteiger partial charge < -0.3 is 10.5 Å². The molecule has 4 heteroatoms. The van der Waals surface area contributed by atoms with Crippen molar-refractivity contribution in [1.82, 2.24) is 9.78 Å². The summed E-state index contributed by atoms with van der Waals surface area (Å²) in [6.07, 6.45) is 0. The highest BCUT2D eigenvalue weighted by atomic mass is 16.5. The maximum Gasteiger partial charge on any atom is 0.181 e. The van der Waals surface area contributed by atoms with E-state index in [1.807, 2.05) is 45.0 Å². The molecule has 0 aliphatic carbocycles. The van der Waals surface area contributed by atoms with Crippen molar-refractivity contribution in [2.75, 3.05) is 5.73 Å². The van der Waals surface area contributed by atoms with Crippen molar-refractivity contribution in [2.24, 2.45) is 0 Å². The average Bonchev–Trinajstić information content (AvgIpc) is 2.56. The molecule has 2 aromatic rings. The molecular weight excluding hydrogens is 214 g/mol. The Morgan fingerprint density at radius 2 is 1.94 bits per heavy atom. The van der Waals surface area contributed by atoms with Gasteiger partial charge in [0.2, 0.25) is 0 Å². The molecule has 1 heterocycles. The number of rotatable bonds is 3. The van der Waals surface area contributed by atoms with E-state index in [-0.39, 0.29) is 0 Å². The van der Waals surface area contributed by atoms with Crippen LogP contribution in [0.2, 0.25) is 0 Å². The SMILES string of the molecule is Cc1ccccc1OCn1nc(C)c(N)c1C. The van der Waals surface area contributed by atoms with Crippen LogP contribution in [0.15, 0.2) is 24.3 Å². The van der Waals surface area contributed by atoms with Crippen molar-refractivity contribution in [1.29, 1.82) is 0 Å². The predicted octanol–water partition coefficient (Wildman–Crippen LogP) is 2.43. The monoisotopic (exact) mass is 231 g/mol. The van der Waals surface area contributed by atoms with Crippen LogP contribution in [0.25, 0.3) is 0 Å². The van der Waals surface area contributed by atoms with E-state index in [0.717, 1.165) is 28.4 Å². The summed E-state index contributed by atoms with van der Waals surface area (Å²) in [5.41, 5.74) is 9.49. The van der Waals surface area contributed by atoms with E-state index < -0.39 is 0 Å². The normalized spacial score (nSPS) is 10.5. The molecule has 0 amide bonds. The zero-order valence-corrected chi connectivity index (χ0v) is 10.4. The Hall–Kier alpha value is -1.97. The molecular formula is C13H17N3O.